The Morgan fingerprint density at radius 1 is 1.24 bits per heavy atom. The fourth-order valence-corrected chi connectivity index (χ4v) is 3.75. The number of fused-ring (bicyclic) bond motifs is 1. The summed E-state index contributed by atoms with van der Waals surface area (Å²) < 4.78 is 26.7. The molecular formula is C17H17N3O4S. The van der Waals surface area contributed by atoms with Crippen LogP contribution in [0.1, 0.15) is 18.9 Å². The number of rotatable bonds is 4. The van der Waals surface area contributed by atoms with Gasteiger partial charge in [-0.15, -0.1) is 0 Å². The summed E-state index contributed by atoms with van der Waals surface area (Å²) in [7, 11) is -3.97. The van der Waals surface area contributed by atoms with E-state index >= 15 is 0 Å². The van der Waals surface area contributed by atoms with E-state index in [1.807, 2.05) is 29.8 Å². The first kappa shape index (κ1) is 16.9. The second-order valence-electron chi connectivity index (χ2n) is 6.01. The zero-order chi connectivity index (χ0) is 18.2. The molecule has 0 fully saturated rings. The van der Waals surface area contributed by atoms with E-state index in [0.717, 1.165) is 39.7 Å². The van der Waals surface area contributed by atoms with Crippen LogP contribution < -0.4 is 9.03 Å². The number of aliphatic hydroxyl groups excluding tert-OH is 1. The van der Waals surface area contributed by atoms with Crippen LogP contribution in [0.5, 0.6) is 5.75 Å². The molecule has 1 aliphatic heterocycles. The summed E-state index contributed by atoms with van der Waals surface area (Å²) in [5, 5.41) is 30.0. The third-order valence-corrected chi connectivity index (χ3v) is 5.34. The van der Waals surface area contributed by atoms with Crippen LogP contribution in [0.3, 0.4) is 0 Å². The highest BCUT2D eigenvalue weighted by Crippen LogP contribution is 2.36. The molecule has 1 atom stereocenters. The number of aliphatic hydroxyl groups is 1. The van der Waals surface area contributed by atoms with Gasteiger partial charge in [0.25, 0.3) is 0 Å². The number of anilines is 1. The predicted molar refractivity (Wildman–Crippen MR) is 94.0 cm³/mol. The monoisotopic (exact) mass is 359 g/mol. The zero-order valence-corrected chi connectivity index (χ0v) is 14.3. The number of nitrogens with one attached hydrogen (secondary N) is 1. The standard InChI is InChI=1S/C17H17N3O4S/c1-11(9-18)2-3-12-4-5-13-8-16(21)15(7-14(13)6-12)20-10-17(22)19-25(20,23)24/h4-8,10-11,19,21-22H,2-3H2,1H3. The number of nitrogens with zero attached hydrogens (tertiary/aromatic N) is 2. The lowest BCUT2D eigenvalue weighted by Gasteiger charge is -2.16. The van der Waals surface area contributed by atoms with Gasteiger partial charge < -0.3 is 10.2 Å². The highest BCUT2D eigenvalue weighted by molar-refractivity contribution is 7.91. The number of aryl methyl sites for hydroxylation is 1. The molecule has 0 aromatic heterocycles. The predicted octanol–water partition coefficient (Wildman–Crippen LogP) is 2.65. The summed E-state index contributed by atoms with van der Waals surface area (Å²) in [6, 6.07) is 10.9. The van der Waals surface area contributed by atoms with Crippen molar-refractivity contribution in [2.75, 3.05) is 4.31 Å². The molecule has 130 valence electrons. The van der Waals surface area contributed by atoms with Crippen molar-refractivity contribution in [1.29, 1.82) is 5.26 Å². The van der Waals surface area contributed by atoms with Gasteiger partial charge in [0.05, 0.1) is 12.3 Å². The molecule has 0 bridgehead atoms. The minimum atomic E-state index is -3.97. The van der Waals surface area contributed by atoms with Crippen molar-refractivity contribution in [2.24, 2.45) is 5.92 Å². The van der Waals surface area contributed by atoms with E-state index < -0.39 is 16.1 Å². The van der Waals surface area contributed by atoms with Gasteiger partial charge in [0, 0.05) is 5.92 Å². The van der Waals surface area contributed by atoms with Crippen molar-refractivity contribution >= 4 is 26.7 Å². The average molecular weight is 359 g/mol. The Bertz CT molecular complexity index is 1010. The minimum Gasteiger partial charge on any atom is -0.506 e. The molecule has 0 saturated heterocycles. The molecular weight excluding hydrogens is 342 g/mol. The third-order valence-electron chi connectivity index (χ3n) is 4.05. The Morgan fingerprint density at radius 2 is 2.00 bits per heavy atom. The topological polar surface area (TPSA) is 114 Å². The molecule has 1 unspecified atom stereocenters. The van der Waals surface area contributed by atoms with Crippen LogP contribution in [-0.2, 0) is 16.6 Å². The zero-order valence-electron chi connectivity index (χ0n) is 13.5. The largest absolute Gasteiger partial charge is 0.506 e. The number of benzene rings is 2. The maximum absolute atomic E-state index is 12.0. The Kier molecular flexibility index (Phi) is 4.18. The maximum atomic E-state index is 12.0. The molecule has 0 aliphatic carbocycles. The summed E-state index contributed by atoms with van der Waals surface area (Å²) in [5.41, 5.74) is 1.07. The van der Waals surface area contributed by atoms with E-state index in [-0.39, 0.29) is 17.4 Å². The van der Waals surface area contributed by atoms with E-state index in [0.29, 0.717) is 0 Å². The van der Waals surface area contributed by atoms with Crippen LogP contribution in [0, 0.1) is 17.2 Å². The van der Waals surface area contributed by atoms with Crippen molar-refractivity contribution in [3.05, 3.63) is 48.0 Å². The third kappa shape index (κ3) is 3.32. The summed E-state index contributed by atoms with van der Waals surface area (Å²) in [5.74, 6) is -0.770. The first-order valence-corrected chi connectivity index (χ1v) is 9.12. The maximum Gasteiger partial charge on any atom is 0.330 e. The lowest BCUT2D eigenvalue weighted by molar-refractivity contribution is 0.392. The van der Waals surface area contributed by atoms with E-state index in [4.69, 9.17) is 5.26 Å². The molecule has 0 radical (unpaired) electrons. The van der Waals surface area contributed by atoms with Crippen LogP contribution in [0.2, 0.25) is 0 Å². The Hall–Kier alpha value is -2.92. The summed E-state index contributed by atoms with van der Waals surface area (Å²) >= 11 is 0. The number of nitriles is 1. The highest BCUT2D eigenvalue weighted by atomic mass is 32.2. The van der Waals surface area contributed by atoms with Crippen molar-refractivity contribution in [3.8, 4) is 11.8 Å². The van der Waals surface area contributed by atoms with Crippen LogP contribution in [0.4, 0.5) is 5.69 Å². The van der Waals surface area contributed by atoms with Gasteiger partial charge in [-0.2, -0.15) is 13.7 Å². The molecule has 2 aromatic rings. The molecule has 3 rings (SSSR count). The van der Waals surface area contributed by atoms with Crippen LogP contribution in [0.15, 0.2) is 42.4 Å². The molecule has 2 aromatic carbocycles. The number of aromatic hydroxyl groups is 1. The molecule has 1 heterocycles. The SMILES string of the molecule is CC(C#N)CCc1ccc2cc(O)c(N3C=C(O)NS3(=O)=O)cc2c1. The first-order valence-electron chi connectivity index (χ1n) is 7.68. The molecule has 0 saturated carbocycles. The van der Waals surface area contributed by atoms with E-state index in [9.17, 15) is 18.6 Å². The van der Waals surface area contributed by atoms with Crippen molar-refractivity contribution in [3.63, 3.8) is 0 Å². The number of phenols is 1. The lowest BCUT2D eigenvalue weighted by atomic mass is 9.99. The molecule has 1 aliphatic rings. The lowest BCUT2D eigenvalue weighted by Crippen LogP contribution is -2.29. The van der Waals surface area contributed by atoms with Gasteiger partial charge in [-0.25, -0.2) is 9.03 Å². The Morgan fingerprint density at radius 3 is 2.64 bits per heavy atom. The number of phenolic OH excluding ortho intramolecular Hbond substituents is 1. The first-order chi connectivity index (χ1) is 11.8. The average Bonchev–Trinajstić information content (AvgIpc) is 2.84. The second kappa shape index (κ2) is 6.18. The fraction of sp³-hybridized carbons (Fsp3) is 0.235. The van der Waals surface area contributed by atoms with Gasteiger partial charge in [-0.05, 0) is 48.2 Å². The molecule has 25 heavy (non-hydrogen) atoms. The summed E-state index contributed by atoms with van der Waals surface area (Å²) in [6.45, 7) is 1.86. The molecule has 8 heteroatoms. The number of hydrogen-bond donors (Lipinski definition) is 3. The summed E-state index contributed by atoms with van der Waals surface area (Å²) in [6.07, 6.45) is 2.45. The van der Waals surface area contributed by atoms with E-state index in [1.54, 1.807) is 6.07 Å². The van der Waals surface area contributed by atoms with Gasteiger partial charge >= 0.3 is 10.2 Å². The molecule has 0 amide bonds. The fourth-order valence-electron chi connectivity index (χ4n) is 2.69. The van der Waals surface area contributed by atoms with Gasteiger partial charge in [0.1, 0.15) is 11.4 Å². The van der Waals surface area contributed by atoms with Crippen LogP contribution >= 0.6 is 0 Å². The highest BCUT2D eigenvalue weighted by Gasteiger charge is 2.30. The summed E-state index contributed by atoms with van der Waals surface area (Å²) in [4.78, 5) is 0. The molecule has 3 N–H and O–H groups in total. The minimum absolute atomic E-state index is 0.0417. The van der Waals surface area contributed by atoms with Gasteiger partial charge in [0.15, 0.2) is 0 Å². The Balaban J connectivity index is 2.01. The number of hydrogen-bond acceptors (Lipinski definition) is 5. The van der Waals surface area contributed by atoms with Crippen molar-refractivity contribution in [2.45, 2.75) is 19.8 Å². The van der Waals surface area contributed by atoms with E-state index in [1.165, 1.54) is 6.07 Å². The molecule has 0 spiro atoms. The van der Waals surface area contributed by atoms with E-state index in [2.05, 4.69) is 6.07 Å². The molecule has 7 nitrogen and oxygen atoms in total. The van der Waals surface area contributed by atoms with Gasteiger partial charge in [0.2, 0.25) is 5.88 Å². The van der Waals surface area contributed by atoms with Crippen LogP contribution in [0.25, 0.3) is 10.8 Å². The van der Waals surface area contributed by atoms with Crippen LogP contribution in [-0.4, -0.2) is 18.6 Å². The van der Waals surface area contributed by atoms with Gasteiger partial charge in [-0.1, -0.05) is 18.2 Å². The second-order valence-corrected chi connectivity index (χ2v) is 7.56. The Labute approximate surface area is 145 Å². The van der Waals surface area contributed by atoms with Crippen molar-refractivity contribution in [1.82, 2.24) is 4.72 Å². The smallest absolute Gasteiger partial charge is 0.330 e. The normalized spacial score (nSPS) is 17.0. The van der Waals surface area contributed by atoms with Gasteiger partial charge in [-0.3, -0.25) is 0 Å². The quantitative estimate of drug-likeness (QED) is 0.776. The van der Waals surface area contributed by atoms with Crippen molar-refractivity contribution < 1.29 is 18.6 Å².